The van der Waals surface area contributed by atoms with Crippen molar-refractivity contribution in [3.05, 3.63) is 48.0 Å². The Morgan fingerprint density at radius 3 is 2.19 bits per heavy atom. The van der Waals surface area contributed by atoms with E-state index in [9.17, 15) is 13.2 Å². The lowest BCUT2D eigenvalue weighted by molar-refractivity contribution is 0.0378. The standard InChI is InChI=1S/C18H21NO6S/c1-12(2)25-18(20)13-5-7-14(8-6-13)19-26(21,22)17-11-15(23-3)9-10-16(17)24-4/h5-12,19H,1-4H3. The molecule has 0 amide bonds. The number of benzene rings is 2. The predicted octanol–water partition coefficient (Wildman–Crippen LogP) is 3.07. The van der Waals surface area contributed by atoms with Crippen molar-refractivity contribution in [1.29, 1.82) is 0 Å². The van der Waals surface area contributed by atoms with Crippen LogP contribution in [0.5, 0.6) is 11.5 Å². The summed E-state index contributed by atoms with van der Waals surface area (Å²) < 4.78 is 43.1. The average Bonchev–Trinajstić information content (AvgIpc) is 2.60. The Labute approximate surface area is 152 Å². The number of ether oxygens (including phenoxy) is 3. The van der Waals surface area contributed by atoms with Gasteiger partial charge < -0.3 is 14.2 Å². The zero-order valence-electron chi connectivity index (χ0n) is 15.0. The molecule has 0 aliphatic rings. The lowest BCUT2D eigenvalue weighted by Crippen LogP contribution is -2.15. The van der Waals surface area contributed by atoms with Crippen LogP contribution in [0.25, 0.3) is 0 Å². The minimum atomic E-state index is -3.91. The number of carbonyl (C=O) groups is 1. The van der Waals surface area contributed by atoms with E-state index in [1.54, 1.807) is 19.9 Å². The van der Waals surface area contributed by atoms with Crippen molar-refractivity contribution >= 4 is 21.7 Å². The van der Waals surface area contributed by atoms with Gasteiger partial charge in [0.25, 0.3) is 10.0 Å². The minimum absolute atomic E-state index is 0.0531. The van der Waals surface area contributed by atoms with Crippen molar-refractivity contribution in [1.82, 2.24) is 0 Å². The molecule has 0 radical (unpaired) electrons. The molecule has 0 aromatic heterocycles. The largest absolute Gasteiger partial charge is 0.497 e. The topological polar surface area (TPSA) is 90.9 Å². The highest BCUT2D eigenvalue weighted by Crippen LogP contribution is 2.29. The van der Waals surface area contributed by atoms with Crippen LogP contribution in [0.2, 0.25) is 0 Å². The highest BCUT2D eigenvalue weighted by atomic mass is 32.2. The molecule has 7 nitrogen and oxygen atoms in total. The number of carbonyl (C=O) groups excluding carboxylic acids is 1. The van der Waals surface area contributed by atoms with Gasteiger partial charge in [0.15, 0.2) is 0 Å². The fourth-order valence-corrected chi connectivity index (χ4v) is 3.40. The first-order valence-corrected chi connectivity index (χ1v) is 9.31. The number of anilines is 1. The molecule has 0 spiro atoms. The van der Waals surface area contributed by atoms with Gasteiger partial charge in [0.05, 0.1) is 25.9 Å². The summed E-state index contributed by atoms with van der Waals surface area (Å²) in [6.45, 7) is 3.50. The van der Waals surface area contributed by atoms with E-state index < -0.39 is 16.0 Å². The van der Waals surface area contributed by atoms with E-state index in [0.29, 0.717) is 17.0 Å². The summed E-state index contributed by atoms with van der Waals surface area (Å²) in [5, 5.41) is 0. The van der Waals surface area contributed by atoms with Crippen LogP contribution in [0.15, 0.2) is 47.4 Å². The predicted molar refractivity (Wildman–Crippen MR) is 97.3 cm³/mol. The number of hydrogen-bond donors (Lipinski definition) is 1. The van der Waals surface area contributed by atoms with Crippen molar-refractivity contribution in [2.75, 3.05) is 18.9 Å². The SMILES string of the molecule is COc1ccc(OC)c(S(=O)(=O)Nc2ccc(C(=O)OC(C)C)cc2)c1. The van der Waals surface area contributed by atoms with E-state index in [1.807, 2.05) is 0 Å². The Bertz CT molecular complexity index is 875. The second kappa shape index (κ2) is 8.09. The van der Waals surface area contributed by atoms with Gasteiger partial charge in [-0.05, 0) is 50.2 Å². The maximum Gasteiger partial charge on any atom is 0.338 e. The maximum atomic E-state index is 12.7. The first kappa shape index (κ1) is 19.6. The molecule has 0 saturated carbocycles. The smallest absolute Gasteiger partial charge is 0.338 e. The van der Waals surface area contributed by atoms with Crippen molar-refractivity contribution in [2.45, 2.75) is 24.8 Å². The summed E-state index contributed by atoms with van der Waals surface area (Å²) in [5.41, 5.74) is 0.636. The van der Waals surface area contributed by atoms with Gasteiger partial charge in [0.2, 0.25) is 0 Å². The number of methoxy groups -OCH3 is 2. The van der Waals surface area contributed by atoms with Crippen LogP contribution in [-0.2, 0) is 14.8 Å². The average molecular weight is 379 g/mol. The van der Waals surface area contributed by atoms with Gasteiger partial charge in [-0.1, -0.05) is 0 Å². The molecule has 140 valence electrons. The fraction of sp³-hybridized carbons (Fsp3) is 0.278. The molecule has 26 heavy (non-hydrogen) atoms. The normalized spacial score (nSPS) is 11.1. The summed E-state index contributed by atoms with van der Waals surface area (Å²) in [6, 6.07) is 10.4. The summed E-state index contributed by atoms with van der Waals surface area (Å²) >= 11 is 0. The van der Waals surface area contributed by atoms with Crippen LogP contribution in [0.1, 0.15) is 24.2 Å². The highest BCUT2D eigenvalue weighted by molar-refractivity contribution is 7.92. The van der Waals surface area contributed by atoms with Gasteiger partial charge in [-0.3, -0.25) is 4.72 Å². The molecular formula is C18H21NO6S. The van der Waals surface area contributed by atoms with Gasteiger partial charge in [-0.25, -0.2) is 13.2 Å². The monoisotopic (exact) mass is 379 g/mol. The van der Waals surface area contributed by atoms with Crippen LogP contribution >= 0.6 is 0 Å². The van der Waals surface area contributed by atoms with E-state index in [2.05, 4.69) is 4.72 Å². The molecule has 0 unspecified atom stereocenters. The summed E-state index contributed by atoms with van der Waals surface area (Å²) in [6.07, 6.45) is -0.235. The Hall–Kier alpha value is -2.74. The Kier molecular flexibility index (Phi) is 6.10. The van der Waals surface area contributed by atoms with Gasteiger partial charge >= 0.3 is 5.97 Å². The van der Waals surface area contributed by atoms with Gasteiger partial charge in [0, 0.05) is 11.8 Å². The molecule has 0 heterocycles. The maximum absolute atomic E-state index is 12.7. The van der Waals surface area contributed by atoms with Crippen LogP contribution in [0.4, 0.5) is 5.69 Å². The van der Waals surface area contributed by atoms with Crippen molar-refractivity contribution < 1.29 is 27.4 Å². The summed E-state index contributed by atoms with van der Waals surface area (Å²) in [5.74, 6) is 0.109. The molecule has 0 aliphatic heterocycles. The number of esters is 1. The summed E-state index contributed by atoms with van der Waals surface area (Å²) in [4.78, 5) is 11.8. The van der Waals surface area contributed by atoms with E-state index in [0.717, 1.165) is 0 Å². The fourth-order valence-electron chi connectivity index (χ4n) is 2.16. The lowest BCUT2D eigenvalue weighted by atomic mass is 10.2. The zero-order valence-corrected chi connectivity index (χ0v) is 15.8. The minimum Gasteiger partial charge on any atom is -0.497 e. The van der Waals surface area contributed by atoms with Crippen LogP contribution < -0.4 is 14.2 Å². The Balaban J connectivity index is 2.26. The molecule has 0 saturated heterocycles. The molecule has 8 heteroatoms. The summed E-state index contributed by atoms with van der Waals surface area (Å²) in [7, 11) is -1.08. The third-order valence-electron chi connectivity index (χ3n) is 3.38. The number of sulfonamides is 1. The molecule has 0 atom stereocenters. The Morgan fingerprint density at radius 2 is 1.65 bits per heavy atom. The molecule has 0 fully saturated rings. The van der Waals surface area contributed by atoms with E-state index in [-0.39, 0.29) is 16.7 Å². The van der Waals surface area contributed by atoms with Crippen LogP contribution in [-0.4, -0.2) is 34.7 Å². The molecule has 2 aromatic carbocycles. The van der Waals surface area contributed by atoms with Gasteiger partial charge in [0.1, 0.15) is 16.4 Å². The Morgan fingerprint density at radius 1 is 1.00 bits per heavy atom. The molecule has 0 bridgehead atoms. The number of hydrogen-bond acceptors (Lipinski definition) is 6. The van der Waals surface area contributed by atoms with E-state index in [1.165, 1.54) is 50.6 Å². The number of nitrogens with one attached hydrogen (secondary N) is 1. The third-order valence-corrected chi connectivity index (χ3v) is 4.78. The van der Waals surface area contributed by atoms with E-state index in [4.69, 9.17) is 14.2 Å². The van der Waals surface area contributed by atoms with Crippen molar-refractivity contribution in [2.24, 2.45) is 0 Å². The molecule has 1 N–H and O–H groups in total. The van der Waals surface area contributed by atoms with Crippen LogP contribution in [0.3, 0.4) is 0 Å². The van der Waals surface area contributed by atoms with Crippen molar-refractivity contribution in [3.63, 3.8) is 0 Å². The van der Waals surface area contributed by atoms with Crippen LogP contribution in [0, 0.1) is 0 Å². The first-order valence-electron chi connectivity index (χ1n) is 7.82. The van der Waals surface area contributed by atoms with Crippen molar-refractivity contribution in [3.8, 4) is 11.5 Å². The molecule has 2 rings (SSSR count). The number of rotatable bonds is 7. The van der Waals surface area contributed by atoms with E-state index >= 15 is 0 Å². The molecule has 0 aliphatic carbocycles. The third kappa shape index (κ3) is 4.66. The lowest BCUT2D eigenvalue weighted by Gasteiger charge is -2.13. The quantitative estimate of drug-likeness (QED) is 0.744. The van der Waals surface area contributed by atoms with Gasteiger partial charge in [-0.15, -0.1) is 0 Å². The first-order chi connectivity index (χ1) is 12.3. The second-order valence-corrected chi connectivity index (χ2v) is 7.30. The van der Waals surface area contributed by atoms with Gasteiger partial charge in [-0.2, -0.15) is 0 Å². The zero-order chi connectivity index (χ0) is 19.3. The molecular weight excluding hydrogens is 358 g/mol. The highest BCUT2D eigenvalue weighted by Gasteiger charge is 2.21. The molecule has 2 aromatic rings. The second-order valence-electron chi connectivity index (χ2n) is 5.65.